The van der Waals surface area contributed by atoms with E-state index in [2.05, 4.69) is 0 Å². The van der Waals surface area contributed by atoms with Gasteiger partial charge in [-0.25, -0.2) is 8.42 Å². The van der Waals surface area contributed by atoms with E-state index < -0.39 is 21.7 Å². The van der Waals surface area contributed by atoms with Gasteiger partial charge in [-0.05, 0) is 12.0 Å². The Hall–Kier alpha value is -1.36. The van der Waals surface area contributed by atoms with Gasteiger partial charge < -0.3 is 4.74 Å². The predicted molar refractivity (Wildman–Crippen MR) is 74.3 cm³/mol. The molecular formula is C14H20O4S. The number of hydrogen-bond acceptors (Lipinski definition) is 4. The van der Waals surface area contributed by atoms with Crippen LogP contribution >= 0.6 is 0 Å². The number of esters is 1. The van der Waals surface area contributed by atoms with E-state index in [0.717, 1.165) is 5.56 Å². The Labute approximate surface area is 114 Å². The zero-order valence-electron chi connectivity index (χ0n) is 11.3. The van der Waals surface area contributed by atoms with E-state index >= 15 is 0 Å². The number of rotatable bonds is 7. The van der Waals surface area contributed by atoms with E-state index in [1.165, 1.54) is 0 Å². The Bertz CT molecular complexity index is 493. The molecule has 0 heterocycles. The first-order valence-corrected chi connectivity index (χ1v) is 8.17. The molecule has 5 heteroatoms. The SMILES string of the molecule is CCCS(=O)(=O)CC(C)C(=O)OCc1ccccc1. The molecule has 0 aliphatic rings. The van der Waals surface area contributed by atoms with Crippen molar-refractivity contribution in [3.05, 3.63) is 35.9 Å². The number of benzene rings is 1. The molecule has 4 nitrogen and oxygen atoms in total. The molecule has 106 valence electrons. The fourth-order valence-electron chi connectivity index (χ4n) is 1.71. The van der Waals surface area contributed by atoms with Crippen molar-refractivity contribution in [3.8, 4) is 0 Å². The Kier molecular flexibility index (Phi) is 6.02. The summed E-state index contributed by atoms with van der Waals surface area (Å²) in [5.41, 5.74) is 0.888. The second-order valence-electron chi connectivity index (χ2n) is 4.61. The lowest BCUT2D eigenvalue weighted by Gasteiger charge is -2.11. The van der Waals surface area contributed by atoms with Crippen LogP contribution in [-0.4, -0.2) is 25.9 Å². The quantitative estimate of drug-likeness (QED) is 0.720. The van der Waals surface area contributed by atoms with Crippen molar-refractivity contribution < 1.29 is 17.9 Å². The first-order valence-electron chi connectivity index (χ1n) is 6.35. The fraction of sp³-hybridized carbons (Fsp3) is 0.500. The van der Waals surface area contributed by atoms with Crippen LogP contribution in [0.1, 0.15) is 25.8 Å². The van der Waals surface area contributed by atoms with Crippen LogP contribution in [-0.2, 0) is 26.0 Å². The maximum atomic E-state index is 11.7. The molecule has 0 aromatic heterocycles. The van der Waals surface area contributed by atoms with Crippen molar-refractivity contribution in [2.75, 3.05) is 11.5 Å². The van der Waals surface area contributed by atoms with Crippen LogP contribution in [0.4, 0.5) is 0 Å². The number of hydrogen-bond donors (Lipinski definition) is 0. The lowest BCUT2D eigenvalue weighted by Crippen LogP contribution is -2.24. The highest BCUT2D eigenvalue weighted by Gasteiger charge is 2.22. The minimum Gasteiger partial charge on any atom is -0.461 e. The van der Waals surface area contributed by atoms with Gasteiger partial charge >= 0.3 is 5.97 Å². The van der Waals surface area contributed by atoms with Crippen LogP contribution in [0.5, 0.6) is 0 Å². The minimum atomic E-state index is -3.16. The van der Waals surface area contributed by atoms with E-state index in [-0.39, 0.29) is 18.1 Å². The van der Waals surface area contributed by atoms with Gasteiger partial charge in [0, 0.05) is 5.75 Å². The summed E-state index contributed by atoms with van der Waals surface area (Å²) in [6.45, 7) is 3.56. The first kappa shape index (κ1) is 15.7. The van der Waals surface area contributed by atoms with Crippen molar-refractivity contribution in [1.29, 1.82) is 0 Å². The summed E-state index contributed by atoms with van der Waals surface area (Å²) in [6, 6.07) is 9.30. The van der Waals surface area contributed by atoms with Gasteiger partial charge in [-0.1, -0.05) is 44.2 Å². The molecule has 1 unspecified atom stereocenters. The molecule has 0 aliphatic carbocycles. The highest BCUT2D eigenvalue weighted by atomic mass is 32.2. The monoisotopic (exact) mass is 284 g/mol. The van der Waals surface area contributed by atoms with Crippen molar-refractivity contribution in [3.63, 3.8) is 0 Å². The molecule has 1 atom stereocenters. The zero-order valence-corrected chi connectivity index (χ0v) is 12.2. The normalized spacial score (nSPS) is 12.9. The number of sulfone groups is 1. The van der Waals surface area contributed by atoms with Gasteiger partial charge in [0.25, 0.3) is 0 Å². The van der Waals surface area contributed by atoms with Gasteiger partial charge in [0.05, 0.1) is 11.7 Å². The van der Waals surface area contributed by atoms with Gasteiger partial charge in [0.1, 0.15) is 6.61 Å². The summed E-state index contributed by atoms with van der Waals surface area (Å²) in [4.78, 5) is 11.7. The predicted octanol–water partition coefficient (Wildman–Crippen LogP) is 2.19. The molecule has 0 saturated carbocycles. The highest BCUT2D eigenvalue weighted by molar-refractivity contribution is 7.91. The number of carbonyl (C=O) groups is 1. The third kappa shape index (κ3) is 5.87. The topological polar surface area (TPSA) is 60.4 Å². The van der Waals surface area contributed by atoms with Crippen LogP contribution in [0, 0.1) is 5.92 Å². The molecular weight excluding hydrogens is 264 g/mol. The summed E-state index contributed by atoms with van der Waals surface area (Å²) in [5, 5.41) is 0. The van der Waals surface area contributed by atoms with E-state index in [9.17, 15) is 13.2 Å². The average Bonchev–Trinajstić information content (AvgIpc) is 2.36. The molecule has 0 fully saturated rings. The lowest BCUT2D eigenvalue weighted by molar-refractivity contribution is -0.148. The molecule has 0 bridgehead atoms. The van der Waals surface area contributed by atoms with Gasteiger partial charge in [0.2, 0.25) is 0 Å². The molecule has 0 N–H and O–H groups in total. The van der Waals surface area contributed by atoms with Gasteiger partial charge in [0.15, 0.2) is 9.84 Å². The fourth-order valence-corrected chi connectivity index (χ4v) is 3.40. The molecule has 1 aromatic carbocycles. The summed E-state index contributed by atoms with van der Waals surface area (Å²) >= 11 is 0. The average molecular weight is 284 g/mol. The summed E-state index contributed by atoms with van der Waals surface area (Å²) < 4.78 is 28.3. The third-order valence-corrected chi connectivity index (χ3v) is 4.68. The second kappa shape index (κ2) is 7.28. The van der Waals surface area contributed by atoms with Crippen LogP contribution in [0.2, 0.25) is 0 Å². The minimum absolute atomic E-state index is 0.114. The van der Waals surface area contributed by atoms with Crippen LogP contribution in [0.15, 0.2) is 30.3 Å². The lowest BCUT2D eigenvalue weighted by atomic mass is 10.2. The summed E-state index contributed by atoms with van der Waals surface area (Å²) in [5.74, 6) is -1.12. The van der Waals surface area contributed by atoms with Crippen molar-refractivity contribution in [2.45, 2.75) is 26.9 Å². The summed E-state index contributed by atoms with van der Waals surface area (Å²) in [7, 11) is -3.16. The molecule has 0 aliphatic heterocycles. The van der Waals surface area contributed by atoms with Crippen LogP contribution < -0.4 is 0 Å². The van der Waals surface area contributed by atoms with E-state index in [1.54, 1.807) is 13.8 Å². The molecule has 0 radical (unpaired) electrons. The van der Waals surface area contributed by atoms with E-state index in [0.29, 0.717) is 6.42 Å². The van der Waals surface area contributed by atoms with E-state index in [1.807, 2.05) is 30.3 Å². The van der Waals surface area contributed by atoms with Gasteiger partial charge in [-0.2, -0.15) is 0 Å². The Balaban J connectivity index is 2.45. The van der Waals surface area contributed by atoms with Gasteiger partial charge in [-0.15, -0.1) is 0 Å². The molecule has 0 spiro atoms. The highest BCUT2D eigenvalue weighted by Crippen LogP contribution is 2.08. The summed E-state index contributed by atoms with van der Waals surface area (Å²) in [6.07, 6.45) is 0.564. The second-order valence-corrected chi connectivity index (χ2v) is 6.84. The Morgan fingerprint density at radius 1 is 1.26 bits per heavy atom. The largest absolute Gasteiger partial charge is 0.461 e. The van der Waals surface area contributed by atoms with Crippen molar-refractivity contribution in [2.24, 2.45) is 5.92 Å². The first-order chi connectivity index (χ1) is 8.94. The molecule has 0 saturated heterocycles. The number of ether oxygens (including phenoxy) is 1. The molecule has 1 aromatic rings. The van der Waals surface area contributed by atoms with Crippen molar-refractivity contribution >= 4 is 15.8 Å². The maximum Gasteiger partial charge on any atom is 0.310 e. The third-order valence-electron chi connectivity index (χ3n) is 2.65. The molecule has 0 amide bonds. The smallest absolute Gasteiger partial charge is 0.310 e. The van der Waals surface area contributed by atoms with E-state index in [4.69, 9.17) is 4.74 Å². The van der Waals surface area contributed by atoms with Crippen molar-refractivity contribution in [1.82, 2.24) is 0 Å². The zero-order chi connectivity index (χ0) is 14.3. The molecule has 1 rings (SSSR count). The Morgan fingerprint density at radius 2 is 1.89 bits per heavy atom. The van der Waals surface area contributed by atoms with Crippen LogP contribution in [0.25, 0.3) is 0 Å². The molecule has 19 heavy (non-hydrogen) atoms. The van der Waals surface area contributed by atoms with Crippen LogP contribution in [0.3, 0.4) is 0 Å². The number of carbonyl (C=O) groups excluding carboxylic acids is 1. The Morgan fingerprint density at radius 3 is 2.47 bits per heavy atom. The van der Waals surface area contributed by atoms with Gasteiger partial charge in [-0.3, -0.25) is 4.79 Å². The standard InChI is InChI=1S/C14H20O4S/c1-3-9-19(16,17)11-12(2)14(15)18-10-13-7-5-4-6-8-13/h4-8,12H,3,9-11H2,1-2H3. The maximum absolute atomic E-state index is 11.7.